The second-order valence-electron chi connectivity index (χ2n) is 6.04. The second kappa shape index (κ2) is 5.95. The Morgan fingerprint density at radius 3 is 2.43 bits per heavy atom. The standard InChI is InChI=1S/C17H21N3O/c1-17(2,3)19-14-10-13(11-18-12-14)16(21)20(4)15-8-6-5-7-9-15/h5-12,19H,1-4H3. The number of carbonyl (C=O) groups is 1. The fourth-order valence-electron chi connectivity index (χ4n) is 2.02. The summed E-state index contributed by atoms with van der Waals surface area (Å²) in [6, 6.07) is 11.4. The van der Waals surface area contributed by atoms with Crippen molar-refractivity contribution in [2.75, 3.05) is 17.3 Å². The van der Waals surface area contributed by atoms with Crippen molar-refractivity contribution >= 4 is 17.3 Å². The van der Waals surface area contributed by atoms with Gasteiger partial charge in [0.05, 0.1) is 11.3 Å². The van der Waals surface area contributed by atoms with Gasteiger partial charge in [0.25, 0.3) is 5.91 Å². The Hall–Kier alpha value is -2.36. The number of hydrogen-bond donors (Lipinski definition) is 1. The Morgan fingerprint density at radius 1 is 1.14 bits per heavy atom. The molecule has 1 N–H and O–H groups in total. The van der Waals surface area contributed by atoms with Crippen molar-refractivity contribution in [2.45, 2.75) is 26.3 Å². The van der Waals surface area contributed by atoms with Gasteiger partial charge in [0.2, 0.25) is 0 Å². The van der Waals surface area contributed by atoms with Crippen molar-refractivity contribution < 1.29 is 4.79 Å². The van der Waals surface area contributed by atoms with Gasteiger partial charge < -0.3 is 10.2 Å². The van der Waals surface area contributed by atoms with Gasteiger partial charge in [-0.15, -0.1) is 0 Å². The number of anilines is 2. The molecular formula is C17H21N3O. The lowest BCUT2D eigenvalue weighted by Crippen LogP contribution is -2.28. The van der Waals surface area contributed by atoms with E-state index < -0.39 is 0 Å². The topological polar surface area (TPSA) is 45.2 Å². The van der Waals surface area contributed by atoms with Gasteiger partial charge in [0.15, 0.2) is 0 Å². The van der Waals surface area contributed by atoms with Crippen LogP contribution in [0.2, 0.25) is 0 Å². The minimum absolute atomic E-state index is 0.0747. The van der Waals surface area contributed by atoms with Crippen LogP contribution in [0, 0.1) is 0 Å². The number of pyridine rings is 1. The van der Waals surface area contributed by atoms with Crippen LogP contribution in [0.5, 0.6) is 0 Å². The Kier molecular flexibility index (Phi) is 4.26. The predicted molar refractivity (Wildman–Crippen MR) is 86.8 cm³/mol. The molecule has 2 rings (SSSR count). The molecule has 0 radical (unpaired) electrons. The molecule has 1 amide bonds. The molecule has 0 bridgehead atoms. The first-order valence-corrected chi connectivity index (χ1v) is 6.93. The summed E-state index contributed by atoms with van der Waals surface area (Å²) in [7, 11) is 1.77. The summed E-state index contributed by atoms with van der Waals surface area (Å²) in [5.41, 5.74) is 2.19. The van der Waals surface area contributed by atoms with Gasteiger partial charge in [-0.1, -0.05) is 18.2 Å². The first-order valence-electron chi connectivity index (χ1n) is 6.93. The summed E-state index contributed by atoms with van der Waals surface area (Å²) in [6.45, 7) is 6.20. The summed E-state index contributed by atoms with van der Waals surface area (Å²) in [5, 5.41) is 3.32. The number of nitrogens with one attached hydrogen (secondary N) is 1. The number of para-hydroxylation sites is 1. The molecule has 0 aliphatic heterocycles. The lowest BCUT2D eigenvalue weighted by molar-refractivity contribution is 0.0992. The molecule has 0 spiro atoms. The van der Waals surface area contributed by atoms with E-state index in [0.717, 1.165) is 11.4 Å². The molecule has 2 aromatic rings. The Morgan fingerprint density at radius 2 is 1.81 bits per heavy atom. The van der Waals surface area contributed by atoms with E-state index in [4.69, 9.17) is 0 Å². The van der Waals surface area contributed by atoms with Crippen molar-refractivity contribution in [1.29, 1.82) is 0 Å². The zero-order valence-corrected chi connectivity index (χ0v) is 12.9. The van der Waals surface area contributed by atoms with Crippen LogP contribution in [0.1, 0.15) is 31.1 Å². The Labute approximate surface area is 125 Å². The number of amides is 1. The zero-order valence-electron chi connectivity index (χ0n) is 12.9. The third-order valence-corrected chi connectivity index (χ3v) is 2.95. The highest BCUT2D eigenvalue weighted by molar-refractivity contribution is 6.05. The van der Waals surface area contributed by atoms with Crippen LogP contribution in [0.3, 0.4) is 0 Å². The molecule has 0 saturated heterocycles. The van der Waals surface area contributed by atoms with E-state index in [-0.39, 0.29) is 11.4 Å². The number of rotatable bonds is 3. The number of carbonyl (C=O) groups excluding carboxylic acids is 1. The van der Waals surface area contributed by atoms with E-state index in [0.29, 0.717) is 5.56 Å². The van der Waals surface area contributed by atoms with Crippen LogP contribution in [-0.4, -0.2) is 23.5 Å². The van der Waals surface area contributed by atoms with Crippen LogP contribution < -0.4 is 10.2 Å². The number of aromatic nitrogens is 1. The lowest BCUT2D eigenvalue weighted by Gasteiger charge is -2.22. The van der Waals surface area contributed by atoms with Crippen molar-refractivity contribution in [1.82, 2.24) is 4.98 Å². The molecule has 4 nitrogen and oxygen atoms in total. The van der Waals surface area contributed by atoms with E-state index in [1.54, 1.807) is 24.3 Å². The van der Waals surface area contributed by atoms with Crippen molar-refractivity contribution in [3.63, 3.8) is 0 Å². The van der Waals surface area contributed by atoms with E-state index in [1.807, 2.05) is 36.4 Å². The van der Waals surface area contributed by atoms with E-state index in [1.165, 1.54) is 0 Å². The maximum Gasteiger partial charge on any atom is 0.259 e. The van der Waals surface area contributed by atoms with Crippen LogP contribution in [0.4, 0.5) is 11.4 Å². The molecule has 21 heavy (non-hydrogen) atoms. The molecule has 0 fully saturated rings. The van der Waals surface area contributed by atoms with Gasteiger partial charge >= 0.3 is 0 Å². The molecule has 0 unspecified atom stereocenters. The first kappa shape index (κ1) is 15.0. The maximum atomic E-state index is 12.5. The molecule has 1 heterocycles. The summed E-state index contributed by atoms with van der Waals surface area (Å²) in [6.07, 6.45) is 3.32. The monoisotopic (exact) mass is 283 g/mol. The molecule has 1 aromatic heterocycles. The molecule has 0 aliphatic rings. The van der Waals surface area contributed by atoms with Gasteiger partial charge in [-0.05, 0) is 39.0 Å². The van der Waals surface area contributed by atoms with Crippen LogP contribution in [0.25, 0.3) is 0 Å². The number of nitrogens with zero attached hydrogens (tertiary/aromatic N) is 2. The molecular weight excluding hydrogens is 262 g/mol. The zero-order chi connectivity index (χ0) is 15.5. The number of hydrogen-bond acceptors (Lipinski definition) is 3. The van der Waals surface area contributed by atoms with Crippen molar-refractivity contribution in [3.05, 3.63) is 54.4 Å². The molecule has 1 aromatic carbocycles. The fourth-order valence-corrected chi connectivity index (χ4v) is 2.02. The molecule has 0 saturated carbocycles. The van der Waals surface area contributed by atoms with E-state index >= 15 is 0 Å². The van der Waals surface area contributed by atoms with Crippen LogP contribution in [0.15, 0.2) is 48.8 Å². The summed E-state index contributed by atoms with van der Waals surface area (Å²) in [4.78, 5) is 18.3. The SMILES string of the molecule is CN(C(=O)c1cncc(NC(C)(C)C)c1)c1ccccc1. The third-order valence-electron chi connectivity index (χ3n) is 2.95. The highest BCUT2D eigenvalue weighted by Crippen LogP contribution is 2.18. The van der Waals surface area contributed by atoms with Crippen molar-refractivity contribution in [2.24, 2.45) is 0 Å². The maximum absolute atomic E-state index is 12.5. The summed E-state index contributed by atoms with van der Waals surface area (Å²) < 4.78 is 0. The van der Waals surface area contributed by atoms with E-state index in [9.17, 15) is 4.79 Å². The first-order chi connectivity index (χ1) is 9.87. The smallest absolute Gasteiger partial charge is 0.259 e. The predicted octanol–water partition coefficient (Wildman–Crippen LogP) is 3.57. The summed E-state index contributed by atoms with van der Waals surface area (Å²) in [5.74, 6) is -0.0775. The summed E-state index contributed by atoms with van der Waals surface area (Å²) >= 11 is 0. The van der Waals surface area contributed by atoms with Gasteiger partial charge in [0.1, 0.15) is 0 Å². The molecule has 0 atom stereocenters. The minimum atomic E-state index is -0.0775. The van der Waals surface area contributed by atoms with E-state index in [2.05, 4.69) is 31.1 Å². The molecule has 4 heteroatoms. The van der Waals surface area contributed by atoms with Crippen molar-refractivity contribution in [3.8, 4) is 0 Å². The van der Waals surface area contributed by atoms with Gasteiger partial charge in [0, 0.05) is 30.7 Å². The van der Waals surface area contributed by atoms with Gasteiger partial charge in [-0.3, -0.25) is 9.78 Å². The third kappa shape index (κ3) is 4.05. The number of benzene rings is 1. The average Bonchev–Trinajstić information content (AvgIpc) is 2.45. The quantitative estimate of drug-likeness (QED) is 0.936. The highest BCUT2D eigenvalue weighted by atomic mass is 16.2. The van der Waals surface area contributed by atoms with Crippen LogP contribution in [-0.2, 0) is 0 Å². The van der Waals surface area contributed by atoms with Gasteiger partial charge in [-0.25, -0.2) is 0 Å². The Bertz CT molecular complexity index is 617. The average molecular weight is 283 g/mol. The largest absolute Gasteiger partial charge is 0.379 e. The Balaban J connectivity index is 2.22. The normalized spacial score (nSPS) is 11.0. The minimum Gasteiger partial charge on any atom is -0.379 e. The molecule has 0 aliphatic carbocycles. The fraction of sp³-hybridized carbons (Fsp3) is 0.294. The molecule has 110 valence electrons. The highest BCUT2D eigenvalue weighted by Gasteiger charge is 2.15. The lowest BCUT2D eigenvalue weighted by atomic mass is 10.1. The second-order valence-corrected chi connectivity index (χ2v) is 6.04. The van der Waals surface area contributed by atoms with Crippen LogP contribution >= 0.6 is 0 Å². The van der Waals surface area contributed by atoms with Gasteiger partial charge in [-0.2, -0.15) is 0 Å².